The predicted molar refractivity (Wildman–Crippen MR) is 70.4 cm³/mol. The second-order valence-corrected chi connectivity index (χ2v) is 4.47. The average Bonchev–Trinajstić information content (AvgIpc) is 2.79. The summed E-state index contributed by atoms with van der Waals surface area (Å²) < 4.78 is 5.58. The Morgan fingerprint density at radius 3 is 2.61 bits per heavy atom. The normalized spacial score (nSPS) is 10.8. The lowest BCUT2D eigenvalue weighted by Crippen LogP contribution is -2.11. The van der Waals surface area contributed by atoms with Crippen molar-refractivity contribution in [3.63, 3.8) is 0 Å². The van der Waals surface area contributed by atoms with Crippen molar-refractivity contribution in [2.75, 3.05) is 6.54 Å². The van der Waals surface area contributed by atoms with Gasteiger partial charge in [0.05, 0.1) is 13.0 Å². The highest BCUT2D eigenvalue weighted by Gasteiger charge is 2.07. The molecule has 1 aromatic heterocycles. The van der Waals surface area contributed by atoms with E-state index in [2.05, 4.69) is 47.6 Å². The van der Waals surface area contributed by atoms with Gasteiger partial charge in [-0.05, 0) is 37.1 Å². The molecule has 0 unspecified atom stereocenters. The van der Waals surface area contributed by atoms with Crippen molar-refractivity contribution >= 4 is 0 Å². The Hall–Kier alpha value is -1.68. The first-order chi connectivity index (χ1) is 8.69. The van der Waals surface area contributed by atoms with Gasteiger partial charge in [-0.15, -0.1) is 10.2 Å². The number of hydrogen-bond donors (Lipinski definition) is 1. The molecule has 0 atom stereocenters. The SMILES string of the molecule is CCNCc1nnc(Cc2ccc(C)c(C)c2)o1. The van der Waals surface area contributed by atoms with Crippen LogP contribution < -0.4 is 5.32 Å². The molecule has 2 aromatic rings. The van der Waals surface area contributed by atoms with Gasteiger partial charge in [-0.2, -0.15) is 0 Å². The van der Waals surface area contributed by atoms with E-state index in [-0.39, 0.29) is 0 Å². The fraction of sp³-hybridized carbons (Fsp3) is 0.429. The van der Waals surface area contributed by atoms with E-state index in [1.165, 1.54) is 16.7 Å². The number of aromatic nitrogens is 2. The van der Waals surface area contributed by atoms with E-state index >= 15 is 0 Å². The number of nitrogens with zero attached hydrogens (tertiary/aromatic N) is 2. The Bertz CT molecular complexity index is 520. The summed E-state index contributed by atoms with van der Waals surface area (Å²) in [4.78, 5) is 0. The molecule has 2 rings (SSSR count). The van der Waals surface area contributed by atoms with E-state index in [9.17, 15) is 0 Å². The van der Waals surface area contributed by atoms with Crippen LogP contribution in [0.1, 0.15) is 35.4 Å². The second kappa shape index (κ2) is 5.78. The lowest BCUT2D eigenvalue weighted by atomic mass is 10.0. The Kier molecular flexibility index (Phi) is 4.10. The molecule has 96 valence electrons. The Labute approximate surface area is 107 Å². The first kappa shape index (κ1) is 12.8. The van der Waals surface area contributed by atoms with Crippen molar-refractivity contribution in [1.29, 1.82) is 0 Å². The van der Waals surface area contributed by atoms with Crippen molar-refractivity contribution in [3.8, 4) is 0 Å². The summed E-state index contributed by atoms with van der Waals surface area (Å²) >= 11 is 0. The number of benzene rings is 1. The van der Waals surface area contributed by atoms with Crippen LogP contribution in [0, 0.1) is 13.8 Å². The quantitative estimate of drug-likeness (QED) is 0.878. The Balaban J connectivity index is 2.04. The van der Waals surface area contributed by atoms with E-state index in [0.29, 0.717) is 24.7 Å². The van der Waals surface area contributed by atoms with E-state index in [0.717, 1.165) is 6.54 Å². The molecule has 0 radical (unpaired) electrons. The first-order valence-electron chi connectivity index (χ1n) is 6.27. The summed E-state index contributed by atoms with van der Waals surface area (Å²) in [6.07, 6.45) is 0.695. The molecule has 0 spiro atoms. The van der Waals surface area contributed by atoms with E-state index in [1.807, 2.05) is 6.92 Å². The molecule has 4 heteroatoms. The molecule has 0 aliphatic heterocycles. The van der Waals surface area contributed by atoms with Gasteiger partial charge in [0.25, 0.3) is 0 Å². The summed E-state index contributed by atoms with van der Waals surface area (Å²) in [5, 5.41) is 11.2. The smallest absolute Gasteiger partial charge is 0.230 e. The third-order valence-electron chi connectivity index (χ3n) is 2.96. The zero-order valence-electron chi connectivity index (χ0n) is 11.2. The maximum Gasteiger partial charge on any atom is 0.230 e. The molecule has 1 aromatic carbocycles. The summed E-state index contributed by atoms with van der Waals surface area (Å²) in [5.74, 6) is 1.32. The van der Waals surface area contributed by atoms with Gasteiger partial charge in [0.2, 0.25) is 11.8 Å². The number of nitrogens with one attached hydrogen (secondary N) is 1. The van der Waals surface area contributed by atoms with Crippen LogP contribution >= 0.6 is 0 Å². The monoisotopic (exact) mass is 245 g/mol. The van der Waals surface area contributed by atoms with Crippen LogP contribution in [0.4, 0.5) is 0 Å². The average molecular weight is 245 g/mol. The third kappa shape index (κ3) is 3.17. The van der Waals surface area contributed by atoms with Crippen LogP contribution in [0.25, 0.3) is 0 Å². The molecule has 0 saturated heterocycles. The van der Waals surface area contributed by atoms with Crippen molar-refractivity contribution in [3.05, 3.63) is 46.7 Å². The van der Waals surface area contributed by atoms with Crippen molar-refractivity contribution in [2.45, 2.75) is 33.7 Å². The van der Waals surface area contributed by atoms with Gasteiger partial charge < -0.3 is 9.73 Å². The van der Waals surface area contributed by atoms with Crippen LogP contribution in [0.3, 0.4) is 0 Å². The van der Waals surface area contributed by atoms with Crippen LogP contribution in [0.15, 0.2) is 22.6 Å². The minimum atomic E-state index is 0.635. The summed E-state index contributed by atoms with van der Waals surface area (Å²) in [5.41, 5.74) is 3.80. The molecule has 1 heterocycles. The molecule has 0 aliphatic rings. The maximum atomic E-state index is 5.58. The van der Waals surface area contributed by atoms with Crippen LogP contribution in [0.2, 0.25) is 0 Å². The maximum absolute atomic E-state index is 5.58. The minimum absolute atomic E-state index is 0.635. The number of aryl methyl sites for hydroxylation is 2. The predicted octanol–water partition coefficient (Wildman–Crippen LogP) is 2.39. The standard InChI is InChI=1S/C14H19N3O/c1-4-15-9-14-17-16-13(18-14)8-12-6-5-10(2)11(3)7-12/h5-7,15H,4,8-9H2,1-3H3. The number of rotatable bonds is 5. The van der Waals surface area contributed by atoms with Crippen LogP contribution in [-0.2, 0) is 13.0 Å². The summed E-state index contributed by atoms with van der Waals surface area (Å²) in [7, 11) is 0. The summed E-state index contributed by atoms with van der Waals surface area (Å²) in [6, 6.07) is 6.40. The molecule has 0 bridgehead atoms. The molecular weight excluding hydrogens is 226 g/mol. The molecule has 1 N–H and O–H groups in total. The highest BCUT2D eigenvalue weighted by atomic mass is 16.4. The van der Waals surface area contributed by atoms with E-state index < -0.39 is 0 Å². The molecule has 0 fully saturated rings. The van der Waals surface area contributed by atoms with E-state index in [4.69, 9.17) is 4.42 Å². The van der Waals surface area contributed by atoms with E-state index in [1.54, 1.807) is 0 Å². The molecular formula is C14H19N3O. The largest absolute Gasteiger partial charge is 0.424 e. The van der Waals surface area contributed by atoms with Gasteiger partial charge in [0.1, 0.15) is 0 Å². The highest BCUT2D eigenvalue weighted by molar-refractivity contribution is 5.31. The van der Waals surface area contributed by atoms with Gasteiger partial charge in [-0.3, -0.25) is 0 Å². The van der Waals surface area contributed by atoms with Crippen molar-refractivity contribution in [2.24, 2.45) is 0 Å². The molecule has 0 saturated carbocycles. The third-order valence-corrected chi connectivity index (χ3v) is 2.96. The van der Waals surface area contributed by atoms with Gasteiger partial charge in [-0.1, -0.05) is 25.1 Å². The molecule has 18 heavy (non-hydrogen) atoms. The molecule has 0 amide bonds. The number of hydrogen-bond acceptors (Lipinski definition) is 4. The lowest BCUT2D eigenvalue weighted by Gasteiger charge is -2.02. The van der Waals surface area contributed by atoms with Gasteiger partial charge >= 0.3 is 0 Å². The first-order valence-corrected chi connectivity index (χ1v) is 6.27. The summed E-state index contributed by atoms with van der Waals surface area (Å²) in [6.45, 7) is 7.81. The zero-order chi connectivity index (χ0) is 13.0. The zero-order valence-corrected chi connectivity index (χ0v) is 11.2. The van der Waals surface area contributed by atoms with Crippen molar-refractivity contribution in [1.82, 2.24) is 15.5 Å². The topological polar surface area (TPSA) is 51.0 Å². The van der Waals surface area contributed by atoms with Crippen molar-refractivity contribution < 1.29 is 4.42 Å². The van der Waals surface area contributed by atoms with Gasteiger partial charge in [-0.25, -0.2) is 0 Å². The van der Waals surface area contributed by atoms with Gasteiger partial charge in [0, 0.05) is 0 Å². The van der Waals surface area contributed by atoms with Crippen LogP contribution in [0.5, 0.6) is 0 Å². The molecule has 0 aliphatic carbocycles. The second-order valence-electron chi connectivity index (χ2n) is 4.47. The molecule has 4 nitrogen and oxygen atoms in total. The van der Waals surface area contributed by atoms with Gasteiger partial charge in [0.15, 0.2) is 0 Å². The fourth-order valence-corrected chi connectivity index (χ4v) is 1.75. The van der Waals surface area contributed by atoms with Crippen LogP contribution in [-0.4, -0.2) is 16.7 Å². The Morgan fingerprint density at radius 1 is 1.11 bits per heavy atom. The lowest BCUT2D eigenvalue weighted by molar-refractivity contribution is 0.441. The fourth-order valence-electron chi connectivity index (χ4n) is 1.75. The Morgan fingerprint density at radius 2 is 1.89 bits per heavy atom. The minimum Gasteiger partial charge on any atom is -0.424 e. The highest BCUT2D eigenvalue weighted by Crippen LogP contribution is 2.13.